The average molecular weight is 758 g/mol. The molecule has 0 bridgehead atoms. The lowest BCUT2D eigenvalue weighted by atomic mass is 9.67. The van der Waals surface area contributed by atoms with E-state index in [1.807, 2.05) is 23.5 Å². The summed E-state index contributed by atoms with van der Waals surface area (Å²) in [5, 5.41) is 4.86. The van der Waals surface area contributed by atoms with Crippen molar-refractivity contribution in [3.63, 3.8) is 0 Å². The topological polar surface area (TPSA) is 16.4 Å². The van der Waals surface area contributed by atoms with Gasteiger partial charge >= 0.3 is 0 Å². The summed E-state index contributed by atoms with van der Waals surface area (Å²) in [6.45, 7) is 0. The number of para-hydroxylation sites is 2. The zero-order valence-corrected chi connectivity index (χ0v) is 32.3. The number of nitrogens with zero attached hydrogens (tertiary/aromatic N) is 1. The van der Waals surface area contributed by atoms with Gasteiger partial charge in [0.05, 0.1) is 5.41 Å². The van der Waals surface area contributed by atoms with Crippen LogP contribution in [0.15, 0.2) is 217 Å². The third-order valence-electron chi connectivity index (χ3n) is 12.2. The van der Waals surface area contributed by atoms with Gasteiger partial charge in [0.2, 0.25) is 0 Å². The Morgan fingerprint density at radius 2 is 0.914 bits per heavy atom. The summed E-state index contributed by atoms with van der Waals surface area (Å²) in [5.74, 6) is 0. The van der Waals surface area contributed by atoms with Crippen LogP contribution in [0.4, 0.5) is 17.1 Å². The lowest BCUT2D eigenvalue weighted by Gasteiger charge is -2.33. The molecule has 2 aromatic heterocycles. The summed E-state index contributed by atoms with van der Waals surface area (Å²) >= 11 is 1.89. The van der Waals surface area contributed by atoms with E-state index < -0.39 is 5.41 Å². The number of furan rings is 1. The van der Waals surface area contributed by atoms with Crippen LogP contribution < -0.4 is 4.90 Å². The molecule has 272 valence electrons. The van der Waals surface area contributed by atoms with E-state index in [9.17, 15) is 0 Å². The second-order valence-corrected chi connectivity index (χ2v) is 16.3. The molecule has 1 aliphatic carbocycles. The van der Waals surface area contributed by atoms with Crippen molar-refractivity contribution < 1.29 is 4.42 Å². The maximum absolute atomic E-state index is 6.31. The van der Waals surface area contributed by atoms with Crippen LogP contribution in [0, 0.1) is 0 Å². The SMILES string of the molecule is c1ccc(N(c2ccc(-c3ccc4c(c3)sc3cc(C5(c6ccccc6)c6ccccc6-c6ccccc65)ccc34)cc2)c2ccc3c(c2)oc2ccccc23)cc1. The molecule has 9 aromatic carbocycles. The number of fused-ring (bicyclic) bond motifs is 9. The summed E-state index contributed by atoms with van der Waals surface area (Å²) in [6.07, 6.45) is 0. The van der Waals surface area contributed by atoms with Crippen LogP contribution in [0.1, 0.15) is 22.3 Å². The van der Waals surface area contributed by atoms with Crippen molar-refractivity contribution in [2.24, 2.45) is 0 Å². The second-order valence-electron chi connectivity index (χ2n) is 15.2. The van der Waals surface area contributed by atoms with Gasteiger partial charge in [0.15, 0.2) is 0 Å². The Morgan fingerprint density at radius 3 is 1.67 bits per heavy atom. The Kier molecular flexibility index (Phi) is 7.35. The summed E-state index contributed by atoms with van der Waals surface area (Å²) in [5.41, 5.74) is 14.9. The molecule has 0 N–H and O–H groups in total. The molecule has 0 unspecified atom stereocenters. The summed E-state index contributed by atoms with van der Waals surface area (Å²) in [7, 11) is 0. The van der Waals surface area contributed by atoms with E-state index in [2.05, 4.69) is 205 Å². The molecule has 0 aliphatic heterocycles. The van der Waals surface area contributed by atoms with Crippen molar-refractivity contribution in [3.05, 3.63) is 235 Å². The van der Waals surface area contributed by atoms with E-state index in [0.717, 1.165) is 39.0 Å². The maximum atomic E-state index is 6.31. The van der Waals surface area contributed by atoms with Gasteiger partial charge in [-0.3, -0.25) is 0 Å². The van der Waals surface area contributed by atoms with Gasteiger partial charge in [0.1, 0.15) is 11.2 Å². The summed E-state index contributed by atoms with van der Waals surface area (Å²) in [6, 6.07) is 77.4. The first-order chi connectivity index (χ1) is 28.7. The quantitative estimate of drug-likeness (QED) is 0.168. The Labute approximate surface area is 340 Å². The minimum Gasteiger partial charge on any atom is -0.456 e. The normalized spacial score (nSPS) is 13.0. The van der Waals surface area contributed by atoms with E-state index in [1.54, 1.807) is 0 Å². The number of benzene rings is 9. The van der Waals surface area contributed by atoms with Gasteiger partial charge in [-0.1, -0.05) is 152 Å². The van der Waals surface area contributed by atoms with Gasteiger partial charge in [0, 0.05) is 54.1 Å². The van der Waals surface area contributed by atoms with Gasteiger partial charge < -0.3 is 9.32 Å². The first-order valence-electron chi connectivity index (χ1n) is 19.8. The zero-order valence-electron chi connectivity index (χ0n) is 31.5. The molecular weight excluding hydrogens is 723 g/mol. The Bertz CT molecular complexity index is 3300. The van der Waals surface area contributed by atoms with Crippen molar-refractivity contribution in [2.45, 2.75) is 5.41 Å². The summed E-state index contributed by atoms with van der Waals surface area (Å²) in [4.78, 5) is 2.30. The highest BCUT2D eigenvalue weighted by atomic mass is 32.1. The van der Waals surface area contributed by atoms with Crippen LogP contribution in [0.25, 0.3) is 64.4 Å². The largest absolute Gasteiger partial charge is 0.456 e. The van der Waals surface area contributed by atoms with Crippen LogP contribution in [0.5, 0.6) is 0 Å². The highest BCUT2D eigenvalue weighted by Gasteiger charge is 2.45. The van der Waals surface area contributed by atoms with E-state index in [0.29, 0.717) is 0 Å². The monoisotopic (exact) mass is 757 g/mol. The van der Waals surface area contributed by atoms with Gasteiger partial charge in [-0.05, 0) is 99.1 Å². The third kappa shape index (κ3) is 4.90. The number of hydrogen-bond acceptors (Lipinski definition) is 3. The predicted molar refractivity (Wildman–Crippen MR) is 244 cm³/mol. The van der Waals surface area contributed by atoms with Crippen LogP contribution in [-0.4, -0.2) is 0 Å². The number of rotatable bonds is 6. The maximum Gasteiger partial charge on any atom is 0.137 e. The first kappa shape index (κ1) is 33.0. The fraction of sp³-hybridized carbons (Fsp3) is 0.0182. The highest BCUT2D eigenvalue weighted by Crippen LogP contribution is 2.56. The number of anilines is 3. The molecular formula is C55H35NOS. The van der Waals surface area contributed by atoms with Gasteiger partial charge in [-0.25, -0.2) is 0 Å². The van der Waals surface area contributed by atoms with Gasteiger partial charge in [0.25, 0.3) is 0 Å². The molecule has 0 radical (unpaired) electrons. The molecule has 12 rings (SSSR count). The zero-order chi connectivity index (χ0) is 38.2. The van der Waals surface area contributed by atoms with Crippen LogP contribution in [0.2, 0.25) is 0 Å². The van der Waals surface area contributed by atoms with Gasteiger partial charge in [-0.2, -0.15) is 0 Å². The Balaban J connectivity index is 0.937. The lowest BCUT2D eigenvalue weighted by Crippen LogP contribution is -2.28. The molecule has 1 aliphatic rings. The molecule has 0 atom stereocenters. The van der Waals surface area contributed by atoms with E-state index >= 15 is 0 Å². The molecule has 2 heterocycles. The van der Waals surface area contributed by atoms with Crippen LogP contribution >= 0.6 is 11.3 Å². The van der Waals surface area contributed by atoms with Crippen LogP contribution in [0.3, 0.4) is 0 Å². The molecule has 58 heavy (non-hydrogen) atoms. The van der Waals surface area contributed by atoms with E-state index in [1.165, 1.54) is 64.7 Å². The van der Waals surface area contributed by atoms with Crippen molar-refractivity contribution in [1.82, 2.24) is 0 Å². The molecule has 0 spiro atoms. The predicted octanol–water partition coefficient (Wildman–Crippen LogP) is 15.5. The van der Waals surface area contributed by atoms with E-state index in [4.69, 9.17) is 4.42 Å². The number of thiophene rings is 1. The van der Waals surface area contributed by atoms with Crippen LogP contribution in [-0.2, 0) is 5.41 Å². The van der Waals surface area contributed by atoms with Crippen molar-refractivity contribution >= 4 is 70.5 Å². The average Bonchev–Trinajstić information content (AvgIpc) is 3.95. The fourth-order valence-electron chi connectivity index (χ4n) is 9.58. The van der Waals surface area contributed by atoms with Crippen molar-refractivity contribution in [2.75, 3.05) is 4.90 Å². The minimum atomic E-state index is -0.406. The highest BCUT2D eigenvalue weighted by molar-refractivity contribution is 7.25. The molecule has 2 nitrogen and oxygen atoms in total. The van der Waals surface area contributed by atoms with Gasteiger partial charge in [-0.15, -0.1) is 11.3 Å². The molecule has 0 amide bonds. The molecule has 0 saturated carbocycles. The van der Waals surface area contributed by atoms with Crippen molar-refractivity contribution in [3.8, 4) is 22.3 Å². The lowest BCUT2D eigenvalue weighted by molar-refractivity contribution is 0.669. The smallest absolute Gasteiger partial charge is 0.137 e. The fourth-order valence-corrected chi connectivity index (χ4v) is 10.8. The van der Waals surface area contributed by atoms with Crippen molar-refractivity contribution in [1.29, 1.82) is 0 Å². The molecule has 3 heteroatoms. The Morgan fingerprint density at radius 1 is 0.362 bits per heavy atom. The number of hydrogen-bond donors (Lipinski definition) is 0. The first-order valence-corrected chi connectivity index (χ1v) is 20.6. The molecule has 0 fully saturated rings. The standard InChI is InChI=1S/C55H35NOS/c1-3-13-38(14-4-1)55(49-20-10-7-17-43(49)44-18-8-11-21-50(44)55)39-26-31-48-47-30-25-37(33-53(47)58-54(48)34-39)36-23-27-41(28-24-36)56(40-15-5-2-6-16-40)42-29-32-46-45-19-9-12-22-51(45)57-52(46)35-42/h1-35H. The third-order valence-corrected chi connectivity index (χ3v) is 13.3. The minimum absolute atomic E-state index is 0.406. The molecule has 0 saturated heterocycles. The second kappa shape index (κ2) is 12.9. The Hall–Kier alpha value is -7.20. The van der Waals surface area contributed by atoms with E-state index in [-0.39, 0.29) is 0 Å². The molecule has 11 aromatic rings. The summed E-state index contributed by atoms with van der Waals surface area (Å²) < 4.78 is 8.90.